The second-order valence-corrected chi connectivity index (χ2v) is 10.7. The monoisotopic (exact) mass is 503 g/mol. The number of aromatic nitrogens is 5. The van der Waals surface area contributed by atoms with Crippen molar-refractivity contribution < 1.29 is 9.50 Å². The standard InChI is InChI=1S/C27H30FN7O2/c1-4-11-34-24(36)18-14-30-25(31-17-5-6-19-16(12-17)13-29-15-26(19,2)3)33-22(18)35(34)23-20(28)7-8-21(32-23)27(37)9-10-27/h5-8,12,14,29,37H,4,9-11,13,15H2,1-3H3,(H,30,31,33). The molecule has 3 N–H and O–H groups in total. The molecule has 1 aliphatic carbocycles. The Morgan fingerprint density at radius 3 is 2.76 bits per heavy atom. The molecule has 192 valence electrons. The molecule has 10 heteroatoms. The lowest BCUT2D eigenvalue weighted by Gasteiger charge is -2.33. The summed E-state index contributed by atoms with van der Waals surface area (Å²) in [5, 5.41) is 17.5. The first-order chi connectivity index (χ1) is 17.7. The molecule has 0 radical (unpaired) electrons. The molecule has 3 aromatic heterocycles. The number of aliphatic hydroxyl groups is 1. The molecule has 1 aromatic carbocycles. The van der Waals surface area contributed by atoms with Crippen LogP contribution in [0.15, 0.2) is 41.3 Å². The molecule has 0 bridgehead atoms. The van der Waals surface area contributed by atoms with Gasteiger partial charge in [-0.05, 0) is 54.7 Å². The number of anilines is 2. The number of hydrogen-bond donors (Lipinski definition) is 3. The average molecular weight is 504 g/mol. The van der Waals surface area contributed by atoms with Crippen LogP contribution in [-0.2, 0) is 24.1 Å². The fourth-order valence-electron chi connectivity index (χ4n) is 5.14. The van der Waals surface area contributed by atoms with Gasteiger partial charge in [0.1, 0.15) is 11.0 Å². The van der Waals surface area contributed by atoms with Crippen molar-refractivity contribution in [1.82, 2.24) is 29.6 Å². The van der Waals surface area contributed by atoms with Crippen molar-refractivity contribution >= 4 is 22.7 Å². The van der Waals surface area contributed by atoms with Gasteiger partial charge in [0.15, 0.2) is 17.3 Å². The van der Waals surface area contributed by atoms with Crippen molar-refractivity contribution in [2.24, 2.45) is 0 Å². The molecule has 0 unspecified atom stereocenters. The zero-order valence-corrected chi connectivity index (χ0v) is 21.2. The number of nitrogens with one attached hydrogen (secondary N) is 2. The number of hydrogen-bond acceptors (Lipinski definition) is 7. The Morgan fingerprint density at radius 2 is 2.00 bits per heavy atom. The molecule has 1 saturated carbocycles. The molecule has 0 atom stereocenters. The van der Waals surface area contributed by atoms with Gasteiger partial charge >= 0.3 is 0 Å². The first kappa shape index (κ1) is 23.7. The van der Waals surface area contributed by atoms with E-state index in [9.17, 15) is 9.90 Å². The van der Waals surface area contributed by atoms with Crippen molar-refractivity contribution in [3.63, 3.8) is 0 Å². The summed E-state index contributed by atoms with van der Waals surface area (Å²) in [5.41, 5.74) is 2.65. The van der Waals surface area contributed by atoms with Crippen LogP contribution in [0.2, 0.25) is 0 Å². The van der Waals surface area contributed by atoms with Crippen LogP contribution in [0, 0.1) is 5.82 Å². The largest absolute Gasteiger partial charge is 0.384 e. The van der Waals surface area contributed by atoms with Crippen LogP contribution in [-0.4, -0.2) is 36.0 Å². The molecule has 4 aromatic rings. The topological polar surface area (TPSA) is 110 Å². The number of fused-ring (bicyclic) bond motifs is 2. The van der Waals surface area contributed by atoms with Crippen LogP contribution in [0.4, 0.5) is 16.0 Å². The quantitative estimate of drug-likeness (QED) is 0.369. The number of rotatable bonds is 6. The predicted molar refractivity (Wildman–Crippen MR) is 139 cm³/mol. The Morgan fingerprint density at radius 1 is 1.19 bits per heavy atom. The van der Waals surface area contributed by atoms with E-state index in [0.717, 1.165) is 18.8 Å². The number of pyridine rings is 1. The Bertz CT molecular complexity index is 1590. The molecular weight excluding hydrogens is 473 g/mol. The van der Waals surface area contributed by atoms with Gasteiger partial charge in [0, 0.05) is 36.9 Å². The van der Waals surface area contributed by atoms with Gasteiger partial charge in [-0.25, -0.2) is 23.7 Å². The smallest absolute Gasteiger partial charge is 0.278 e. The van der Waals surface area contributed by atoms with E-state index < -0.39 is 11.4 Å². The second-order valence-electron chi connectivity index (χ2n) is 10.7. The van der Waals surface area contributed by atoms with Crippen molar-refractivity contribution in [1.29, 1.82) is 0 Å². The van der Waals surface area contributed by atoms with Crippen LogP contribution in [0.25, 0.3) is 16.9 Å². The zero-order valence-electron chi connectivity index (χ0n) is 21.2. The highest BCUT2D eigenvalue weighted by Crippen LogP contribution is 2.44. The summed E-state index contributed by atoms with van der Waals surface area (Å²) in [6.07, 6.45) is 3.26. The van der Waals surface area contributed by atoms with Gasteiger partial charge in [-0.15, -0.1) is 0 Å². The summed E-state index contributed by atoms with van der Waals surface area (Å²) in [6, 6.07) is 8.97. The van der Waals surface area contributed by atoms with Gasteiger partial charge in [-0.2, -0.15) is 4.98 Å². The van der Waals surface area contributed by atoms with E-state index in [2.05, 4.69) is 51.6 Å². The summed E-state index contributed by atoms with van der Waals surface area (Å²) < 4.78 is 18.0. The van der Waals surface area contributed by atoms with Crippen LogP contribution in [0.3, 0.4) is 0 Å². The van der Waals surface area contributed by atoms with Crippen molar-refractivity contribution in [3.05, 3.63) is 69.5 Å². The molecular formula is C27H30FN7O2. The normalized spacial score (nSPS) is 17.5. The Hall–Kier alpha value is -3.63. The summed E-state index contributed by atoms with van der Waals surface area (Å²) in [5.74, 6) is -0.381. The van der Waals surface area contributed by atoms with Crippen LogP contribution in [0.1, 0.15) is 56.9 Å². The van der Waals surface area contributed by atoms with Crippen LogP contribution in [0.5, 0.6) is 0 Å². The van der Waals surface area contributed by atoms with Gasteiger partial charge in [0.25, 0.3) is 5.56 Å². The minimum absolute atomic E-state index is 0.0407. The maximum absolute atomic E-state index is 15.1. The second kappa shape index (κ2) is 8.46. The summed E-state index contributed by atoms with van der Waals surface area (Å²) >= 11 is 0. The third kappa shape index (κ3) is 4.00. The van der Waals surface area contributed by atoms with Gasteiger partial charge < -0.3 is 15.7 Å². The molecule has 4 heterocycles. The van der Waals surface area contributed by atoms with E-state index in [1.165, 1.54) is 38.8 Å². The Balaban J connectivity index is 1.46. The van der Waals surface area contributed by atoms with E-state index in [4.69, 9.17) is 0 Å². The lowest BCUT2D eigenvalue weighted by atomic mass is 9.79. The summed E-state index contributed by atoms with van der Waals surface area (Å²) in [4.78, 5) is 26.7. The summed E-state index contributed by atoms with van der Waals surface area (Å²) in [6.45, 7) is 8.41. The molecule has 1 aliphatic heterocycles. The molecule has 9 nitrogen and oxygen atoms in total. The molecule has 0 saturated heterocycles. The lowest BCUT2D eigenvalue weighted by Crippen LogP contribution is -2.38. The number of halogens is 1. The number of benzene rings is 1. The van der Waals surface area contributed by atoms with Gasteiger partial charge in [0.05, 0.1) is 5.69 Å². The molecule has 2 aliphatic rings. The maximum atomic E-state index is 15.1. The first-order valence-electron chi connectivity index (χ1n) is 12.7. The zero-order chi connectivity index (χ0) is 25.9. The Labute approximate surface area is 213 Å². The van der Waals surface area contributed by atoms with E-state index in [1.807, 2.05) is 13.0 Å². The predicted octanol–water partition coefficient (Wildman–Crippen LogP) is 3.63. The third-order valence-electron chi connectivity index (χ3n) is 7.31. The SMILES string of the molecule is CCCn1c(=O)c2cnc(Nc3ccc4c(c3)CNCC4(C)C)nc2n1-c1nc(C2(O)CC2)ccc1F. The van der Waals surface area contributed by atoms with E-state index >= 15 is 4.39 Å². The van der Waals surface area contributed by atoms with Crippen molar-refractivity contribution in [3.8, 4) is 5.82 Å². The highest BCUT2D eigenvalue weighted by molar-refractivity contribution is 5.77. The molecule has 37 heavy (non-hydrogen) atoms. The minimum atomic E-state index is -1.04. The van der Waals surface area contributed by atoms with E-state index in [-0.39, 0.29) is 33.8 Å². The van der Waals surface area contributed by atoms with Gasteiger partial charge in [-0.3, -0.25) is 4.79 Å². The van der Waals surface area contributed by atoms with E-state index in [1.54, 1.807) is 0 Å². The van der Waals surface area contributed by atoms with Gasteiger partial charge in [-0.1, -0.05) is 26.8 Å². The molecule has 1 fully saturated rings. The highest BCUT2D eigenvalue weighted by atomic mass is 19.1. The third-order valence-corrected chi connectivity index (χ3v) is 7.31. The fraction of sp³-hybridized carbons (Fsp3) is 0.407. The molecule has 6 rings (SSSR count). The van der Waals surface area contributed by atoms with E-state index in [0.29, 0.717) is 31.5 Å². The van der Waals surface area contributed by atoms with Gasteiger partial charge in [0.2, 0.25) is 5.95 Å². The average Bonchev–Trinajstić information content (AvgIpc) is 3.56. The highest BCUT2D eigenvalue weighted by Gasteiger charge is 2.44. The van der Waals surface area contributed by atoms with Crippen LogP contribution < -0.4 is 16.2 Å². The maximum Gasteiger partial charge on any atom is 0.278 e. The first-order valence-corrected chi connectivity index (χ1v) is 12.7. The van der Waals surface area contributed by atoms with Crippen molar-refractivity contribution in [2.75, 3.05) is 11.9 Å². The summed E-state index contributed by atoms with van der Waals surface area (Å²) in [7, 11) is 0. The fourth-order valence-corrected chi connectivity index (χ4v) is 5.14. The van der Waals surface area contributed by atoms with Crippen LogP contribution >= 0.6 is 0 Å². The molecule has 0 amide bonds. The lowest BCUT2D eigenvalue weighted by molar-refractivity contribution is 0.146. The Kier molecular flexibility index (Phi) is 5.43. The minimum Gasteiger partial charge on any atom is -0.384 e. The van der Waals surface area contributed by atoms with Crippen molar-refractivity contribution in [2.45, 2.75) is 64.1 Å². The molecule has 0 spiro atoms. The number of nitrogens with zero attached hydrogens (tertiary/aromatic N) is 5.